The van der Waals surface area contributed by atoms with Crippen molar-refractivity contribution in [1.82, 2.24) is 10.6 Å². The molecule has 0 unspecified atom stereocenters. The summed E-state index contributed by atoms with van der Waals surface area (Å²) in [6, 6.07) is 9.62. The van der Waals surface area contributed by atoms with E-state index >= 15 is 0 Å². The zero-order chi connectivity index (χ0) is 9.80. The Morgan fingerprint density at radius 1 is 1.36 bits per heavy atom. The van der Waals surface area contributed by atoms with Crippen LogP contribution in [0.5, 0.6) is 0 Å². The van der Waals surface area contributed by atoms with Crippen molar-refractivity contribution < 1.29 is 4.79 Å². The van der Waals surface area contributed by atoms with Gasteiger partial charge in [0.05, 0.1) is 0 Å². The van der Waals surface area contributed by atoms with Crippen molar-refractivity contribution in [2.24, 2.45) is 0 Å². The maximum atomic E-state index is 11.7. The molecule has 0 aromatic heterocycles. The van der Waals surface area contributed by atoms with Crippen molar-refractivity contribution in [3.63, 3.8) is 0 Å². The van der Waals surface area contributed by atoms with E-state index in [0.717, 1.165) is 25.1 Å². The summed E-state index contributed by atoms with van der Waals surface area (Å²) in [5, 5.41) is 6.21. The van der Waals surface area contributed by atoms with Crippen LogP contribution in [0.4, 0.5) is 0 Å². The molecule has 1 atom stereocenters. The van der Waals surface area contributed by atoms with Crippen LogP contribution >= 0.6 is 0 Å². The fourth-order valence-corrected chi connectivity index (χ4v) is 1.64. The first-order valence-corrected chi connectivity index (χ1v) is 4.93. The maximum absolute atomic E-state index is 11.7. The number of benzene rings is 1. The van der Waals surface area contributed by atoms with Gasteiger partial charge in [0.1, 0.15) is 0 Å². The monoisotopic (exact) mass is 190 g/mol. The van der Waals surface area contributed by atoms with Crippen LogP contribution < -0.4 is 10.6 Å². The Hall–Kier alpha value is -1.35. The van der Waals surface area contributed by atoms with Crippen LogP contribution in [-0.4, -0.2) is 25.0 Å². The van der Waals surface area contributed by atoms with E-state index in [1.54, 1.807) is 0 Å². The second kappa shape index (κ2) is 4.24. The van der Waals surface area contributed by atoms with Crippen LogP contribution in [-0.2, 0) is 0 Å². The lowest BCUT2D eigenvalue weighted by atomic mass is 10.2. The molecule has 0 radical (unpaired) electrons. The predicted molar refractivity (Wildman–Crippen MR) is 55.2 cm³/mol. The van der Waals surface area contributed by atoms with Gasteiger partial charge < -0.3 is 10.6 Å². The number of nitrogens with one attached hydrogen (secondary N) is 2. The fourth-order valence-electron chi connectivity index (χ4n) is 1.64. The number of amides is 1. The summed E-state index contributed by atoms with van der Waals surface area (Å²) in [6.07, 6.45) is 1.03. The van der Waals surface area contributed by atoms with Gasteiger partial charge in [-0.15, -0.1) is 0 Å². The van der Waals surface area contributed by atoms with Crippen LogP contribution in [0, 0.1) is 0 Å². The van der Waals surface area contributed by atoms with Crippen LogP contribution in [0.15, 0.2) is 30.3 Å². The molecule has 0 aliphatic carbocycles. The molecule has 2 N–H and O–H groups in total. The smallest absolute Gasteiger partial charge is 0.251 e. The topological polar surface area (TPSA) is 41.1 Å². The first-order chi connectivity index (χ1) is 6.86. The van der Waals surface area contributed by atoms with Gasteiger partial charge >= 0.3 is 0 Å². The summed E-state index contributed by atoms with van der Waals surface area (Å²) in [6.45, 7) is 1.89. The normalized spacial score (nSPS) is 20.7. The Balaban J connectivity index is 1.95. The number of hydrogen-bond donors (Lipinski definition) is 2. The minimum atomic E-state index is 0.0271. The summed E-state index contributed by atoms with van der Waals surface area (Å²) >= 11 is 0. The van der Waals surface area contributed by atoms with Gasteiger partial charge in [-0.05, 0) is 25.1 Å². The molecule has 3 nitrogen and oxygen atoms in total. The second-order valence-corrected chi connectivity index (χ2v) is 3.53. The lowest BCUT2D eigenvalue weighted by Gasteiger charge is -2.10. The summed E-state index contributed by atoms with van der Waals surface area (Å²) in [7, 11) is 0. The molecule has 0 spiro atoms. The second-order valence-electron chi connectivity index (χ2n) is 3.53. The van der Waals surface area contributed by atoms with Gasteiger partial charge in [0, 0.05) is 18.2 Å². The number of rotatable bonds is 2. The number of hydrogen-bond acceptors (Lipinski definition) is 2. The first-order valence-electron chi connectivity index (χ1n) is 4.93. The van der Waals surface area contributed by atoms with Gasteiger partial charge in [-0.1, -0.05) is 18.2 Å². The van der Waals surface area contributed by atoms with Crippen molar-refractivity contribution >= 4 is 5.91 Å². The van der Waals surface area contributed by atoms with E-state index in [9.17, 15) is 4.79 Å². The summed E-state index contributed by atoms with van der Waals surface area (Å²) in [5.41, 5.74) is 0.736. The van der Waals surface area contributed by atoms with E-state index in [0.29, 0.717) is 6.04 Å². The lowest BCUT2D eigenvalue weighted by molar-refractivity contribution is 0.0940. The average molecular weight is 190 g/mol. The molecule has 0 bridgehead atoms. The van der Waals surface area contributed by atoms with E-state index < -0.39 is 0 Å². The average Bonchev–Trinajstić information content (AvgIpc) is 2.72. The molecule has 2 rings (SSSR count). The third-order valence-corrected chi connectivity index (χ3v) is 2.43. The van der Waals surface area contributed by atoms with Gasteiger partial charge in [0.2, 0.25) is 0 Å². The summed E-state index contributed by atoms with van der Waals surface area (Å²) in [4.78, 5) is 11.7. The van der Waals surface area contributed by atoms with Crippen molar-refractivity contribution in [3.8, 4) is 0 Å². The molecule has 74 valence electrons. The minimum absolute atomic E-state index is 0.0271. The van der Waals surface area contributed by atoms with Crippen LogP contribution in [0.25, 0.3) is 0 Å². The quantitative estimate of drug-likeness (QED) is 0.723. The number of carbonyl (C=O) groups excluding carboxylic acids is 1. The Bertz CT molecular complexity index is 304. The van der Waals surface area contributed by atoms with Crippen LogP contribution in [0.3, 0.4) is 0 Å². The molecule has 1 aliphatic heterocycles. The largest absolute Gasteiger partial charge is 0.348 e. The van der Waals surface area contributed by atoms with Crippen molar-refractivity contribution in [1.29, 1.82) is 0 Å². The van der Waals surface area contributed by atoms with E-state index in [4.69, 9.17) is 0 Å². The standard InChI is InChI=1S/C11H14N2O/c14-11(9-4-2-1-3-5-9)13-10-6-7-12-8-10/h1-5,10,12H,6-8H2,(H,13,14)/t10-/m0/s1. The summed E-state index contributed by atoms with van der Waals surface area (Å²) in [5.74, 6) is 0.0271. The van der Waals surface area contributed by atoms with Crippen molar-refractivity contribution in [2.75, 3.05) is 13.1 Å². The van der Waals surface area contributed by atoms with E-state index in [-0.39, 0.29) is 5.91 Å². The SMILES string of the molecule is O=C(N[C@H]1CCNC1)c1ccccc1. The Labute approximate surface area is 83.5 Å². The summed E-state index contributed by atoms with van der Waals surface area (Å²) < 4.78 is 0. The molecular weight excluding hydrogens is 176 g/mol. The molecule has 1 heterocycles. The maximum Gasteiger partial charge on any atom is 0.251 e. The fraction of sp³-hybridized carbons (Fsp3) is 0.364. The first kappa shape index (κ1) is 9.21. The molecule has 1 aromatic rings. The third-order valence-electron chi connectivity index (χ3n) is 2.43. The Morgan fingerprint density at radius 3 is 2.79 bits per heavy atom. The van der Waals surface area contributed by atoms with Crippen molar-refractivity contribution in [2.45, 2.75) is 12.5 Å². The molecule has 1 amide bonds. The Kier molecular flexibility index (Phi) is 2.79. The van der Waals surface area contributed by atoms with Crippen LogP contribution in [0.1, 0.15) is 16.8 Å². The highest BCUT2D eigenvalue weighted by Gasteiger charge is 2.16. The highest BCUT2D eigenvalue weighted by Crippen LogP contribution is 2.02. The zero-order valence-electron chi connectivity index (χ0n) is 7.99. The van der Waals surface area contributed by atoms with Gasteiger partial charge in [0.15, 0.2) is 0 Å². The van der Waals surface area contributed by atoms with Crippen LogP contribution in [0.2, 0.25) is 0 Å². The molecule has 3 heteroatoms. The number of carbonyl (C=O) groups is 1. The van der Waals surface area contributed by atoms with E-state index in [2.05, 4.69) is 10.6 Å². The van der Waals surface area contributed by atoms with Gasteiger partial charge in [-0.25, -0.2) is 0 Å². The zero-order valence-corrected chi connectivity index (χ0v) is 7.99. The third kappa shape index (κ3) is 2.12. The molecule has 1 saturated heterocycles. The van der Waals surface area contributed by atoms with Gasteiger partial charge in [-0.2, -0.15) is 0 Å². The highest BCUT2D eigenvalue weighted by atomic mass is 16.1. The molecule has 1 aromatic carbocycles. The van der Waals surface area contributed by atoms with Gasteiger partial charge in [0.25, 0.3) is 5.91 Å². The molecule has 1 aliphatic rings. The predicted octanol–water partition coefficient (Wildman–Crippen LogP) is 0.778. The van der Waals surface area contributed by atoms with Crippen molar-refractivity contribution in [3.05, 3.63) is 35.9 Å². The van der Waals surface area contributed by atoms with E-state index in [1.807, 2.05) is 30.3 Å². The molecule has 14 heavy (non-hydrogen) atoms. The highest BCUT2D eigenvalue weighted by molar-refractivity contribution is 5.94. The molecule has 0 saturated carbocycles. The van der Waals surface area contributed by atoms with Gasteiger partial charge in [-0.3, -0.25) is 4.79 Å². The molecule has 1 fully saturated rings. The lowest BCUT2D eigenvalue weighted by Crippen LogP contribution is -2.36. The minimum Gasteiger partial charge on any atom is -0.348 e. The van der Waals surface area contributed by atoms with E-state index in [1.165, 1.54) is 0 Å². The Morgan fingerprint density at radius 2 is 2.14 bits per heavy atom. The molecular formula is C11H14N2O.